The zero-order chi connectivity index (χ0) is 17.1. The van der Waals surface area contributed by atoms with Crippen LogP contribution < -0.4 is 5.32 Å². The van der Waals surface area contributed by atoms with Crippen LogP contribution in [0.1, 0.15) is 48.9 Å². The number of carboxylic acids is 1. The molecule has 1 saturated carbocycles. The van der Waals surface area contributed by atoms with Crippen LogP contribution in [0.25, 0.3) is 0 Å². The number of sulfone groups is 1. The van der Waals surface area contributed by atoms with Crippen molar-refractivity contribution in [2.75, 3.05) is 6.26 Å². The third-order valence-electron chi connectivity index (χ3n) is 4.24. The van der Waals surface area contributed by atoms with Crippen LogP contribution in [0.3, 0.4) is 0 Å². The third kappa shape index (κ3) is 4.10. The first-order chi connectivity index (χ1) is 10.7. The Morgan fingerprint density at radius 2 is 1.74 bits per heavy atom. The van der Waals surface area contributed by atoms with E-state index in [1.54, 1.807) is 0 Å². The molecule has 6 nitrogen and oxygen atoms in total. The molecule has 1 aliphatic rings. The summed E-state index contributed by atoms with van der Waals surface area (Å²) in [4.78, 5) is 24.2. The van der Waals surface area contributed by atoms with Gasteiger partial charge in [0.1, 0.15) is 5.54 Å². The highest BCUT2D eigenvalue weighted by atomic mass is 32.2. The molecule has 126 valence electrons. The Kier molecular flexibility index (Phi) is 5.09. The van der Waals surface area contributed by atoms with Crippen molar-refractivity contribution in [3.05, 3.63) is 29.8 Å². The highest BCUT2D eigenvalue weighted by Gasteiger charge is 2.40. The van der Waals surface area contributed by atoms with E-state index < -0.39 is 27.3 Å². The molecule has 7 heteroatoms. The number of carbonyl (C=O) groups excluding carboxylic acids is 1. The zero-order valence-corrected chi connectivity index (χ0v) is 13.9. The lowest BCUT2D eigenvalue weighted by Gasteiger charge is -2.29. The van der Waals surface area contributed by atoms with Gasteiger partial charge in [-0.2, -0.15) is 0 Å². The topological polar surface area (TPSA) is 101 Å². The molecular formula is C16H21NO5S. The molecule has 0 atom stereocenters. The molecule has 23 heavy (non-hydrogen) atoms. The molecule has 0 unspecified atom stereocenters. The zero-order valence-electron chi connectivity index (χ0n) is 13.0. The van der Waals surface area contributed by atoms with E-state index in [0.29, 0.717) is 12.8 Å². The molecule has 1 aromatic carbocycles. The molecule has 0 saturated heterocycles. The number of amides is 1. The third-order valence-corrected chi connectivity index (χ3v) is 5.35. The summed E-state index contributed by atoms with van der Waals surface area (Å²) in [5.74, 6) is -1.59. The lowest BCUT2D eigenvalue weighted by atomic mass is 9.90. The SMILES string of the molecule is CS(=O)(=O)c1cccc(C(=O)NC2(C(=O)O)CCCCCC2)c1. The lowest BCUT2D eigenvalue weighted by Crippen LogP contribution is -2.54. The van der Waals surface area contributed by atoms with Crippen LogP contribution >= 0.6 is 0 Å². The summed E-state index contributed by atoms with van der Waals surface area (Å²) in [5.41, 5.74) is -1.12. The van der Waals surface area contributed by atoms with E-state index in [0.717, 1.165) is 31.9 Å². The number of hydrogen-bond donors (Lipinski definition) is 2. The van der Waals surface area contributed by atoms with Crippen LogP contribution in [0.2, 0.25) is 0 Å². The second kappa shape index (κ2) is 6.70. The van der Waals surface area contributed by atoms with Crippen LogP contribution in [-0.2, 0) is 14.6 Å². The van der Waals surface area contributed by atoms with Gasteiger partial charge < -0.3 is 10.4 Å². The fourth-order valence-electron chi connectivity index (χ4n) is 2.88. The predicted molar refractivity (Wildman–Crippen MR) is 85.1 cm³/mol. The second-order valence-corrected chi connectivity index (χ2v) is 8.07. The molecular weight excluding hydrogens is 318 g/mol. The van der Waals surface area contributed by atoms with Crippen molar-refractivity contribution < 1.29 is 23.1 Å². The first-order valence-electron chi connectivity index (χ1n) is 7.61. The Morgan fingerprint density at radius 1 is 1.13 bits per heavy atom. The van der Waals surface area contributed by atoms with Gasteiger partial charge in [0, 0.05) is 11.8 Å². The average Bonchev–Trinajstić information content (AvgIpc) is 2.73. The van der Waals surface area contributed by atoms with Crippen LogP contribution in [0.5, 0.6) is 0 Å². The summed E-state index contributed by atoms with van der Waals surface area (Å²) in [6.45, 7) is 0. The van der Waals surface area contributed by atoms with E-state index in [1.165, 1.54) is 24.3 Å². The van der Waals surface area contributed by atoms with E-state index in [9.17, 15) is 23.1 Å². The Bertz CT molecular complexity index is 703. The number of rotatable bonds is 4. The highest BCUT2D eigenvalue weighted by molar-refractivity contribution is 7.90. The molecule has 0 radical (unpaired) electrons. The molecule has 1 aliphatic carbocycles. The van der Waals surface area contributed by atoms with E-state index >= 15 is 0 Å². The maximum absolute atomic E-state index is 12.4. The van der Waals surface area contributed by atoms with E-state index in [2.05, 4.69) is 5.32 Å². The summed E-state index contributed by atoms with van der Waals surface area (Å²) in [6.07, 6.45) is 5.24. The number of benzene rings is 1. The van der Waals surface area contributed by atoms with Gasteiger partial charge in [0.25, 0.3) is 5.91 Å². The fraction of sp³-hybridized carbons (Fsp3) is 0.500. The lowest BCUT2D eigenvalue weighted by molar-refractivity contribution is -0.145. The van der Waals surface area contributed by atoms with Gasteiger partial charge in [-0.3, -0.25) is 4.79 Å². The minimum Gasteiger partial charge on any atom is -0.480 e. The average molecular weight is 339 g/mol. The van der Waals surface area contributed by atoms with Crippen molar-refractivity contribution in [3.8, 4) is 0 Å². The van der Waals surface area contributed by atoms with E-state index in [1.807, 2.05) is 0 Å². The standard InChI is InChI=1S/C16H21NO5S/c1-23(21,22)13-8-6-7-12(11-13)14(18)17-16(15(19)20)9-4-2-3-5-10-16/h6-8,11H,2-5,9-10H2,1H3,(H,17,18)(H,19,20). The van der Waals surface area contributed by atoms with Crippen molar-refractivity contribution in [2.24, 2.45) is 0 Å². The summed E-state index contributed by atoms with van der Waals surface area (Å²) in [7, 11) is -3.43. The van der Waals surface area contributed by atoms with E-state index in [4.69, 9.17) is 0 Å². The van der Waals surface area contributed by atoms with Gasteiger partial charge in [-0.15, -0.1) is 0 Å². The van der Waals surface area contributed by atoms with Gasteiger partial charge in [0.05, 0.1) is 4.90 Å². The van der Waals surface area contributed by atoms with E-state index in [-0.39, 0.29) is 10.5 Å². The monoisotopic (exact) mass is 339 g/mol. The van der Waals surface area contributed by atoms with Gasteiger partial charge in [0.2, 0.25) is 0 Å². The smallest absolute Gasteiger partial charge is 0.329 e. The maximum atomic E-state index is 12.4. The van der Waals surface area contributed by atoms with Gasteiger partial charge in [0.15, 0.2) is 9.84 Å². The van der Waals surface area contributed by atoms with Gasteiger partial charge in [-0.05, 0) is 31.0 Å². The summed E-state index contributed by atoms with van der Waals surface area (Å²) < 4.78 is 23.2. The molecule has 1 amide bonds. The van der Waals surface area contributed by atoms with Crippen molar-refractivity contribution in [3.63, 3.8) is 0 Å². The minimum atomic E-state index is -3.43. The fourth-order valence-corrected chi connectivity index (χ4v) is 3.55. The summed E-state index contributed by atoms with van der Waals surface area (Å²) in [5, 5.41) is 12.2. The Labute approximate surface area is 135 Å². The molecule has 0 spiro atoms. The predicted octanol–water partition coefficient (Wildman–Crippen LogP) is 2.00. The molecule has 1 fully saturated rings. The molecule has 0 bridgehead atoms. The van der Waals surface area contributed by atoms with Crippen LogP contribution in [-0.4, -0.2) is 37.2 Å². The summed E-state index contributed by atoms with van der Waals surface area (Å²) >= 11 is 0. The molecule has 1 aromatic rings. The quantitative estimate of drug-likeness (QED) is 0.817. The largest absolute Gasteiger partial charge is 0.480 e. The molecule has 0 aliphatic heterocycles. The van der Waals surface area contributed by atoms with Crippen molar-refractivity contribution in [2.45, 2.75) is 49.0 Å². The normalized spacial score (nSPS) is 18.0. The maximum Gasteiger partial charge on any atom is 0.329 e. The van der Waals surface area contributed by atoms with Crippen molar-refractivity contribution >= 4 is 21.7 Å². The van der Waals surface area contributed by atoms with Gasteiger partial charge in [-0.25, -0.2) is 13.2 Å². The summed E-state index contributed by atoms with van der Waals surface area (Å²) in [6, 6.07) is 5.64. The number of aliphatic carboxylic acids is 1. The van der Waals surface area contributed by atoms with Crippen molar-refractivity contribution in [1.82, 2.24) is 5.32 Å². The second-order valence-electron chi connectivity index (χ2n) is 6.06. The van der Waals surface area contributed by atoms with Gasteiger partial charge in [-0.1, -0.05) is 31.7 Å². The molecule has 0 aromatic heterocycles. The Hall–Kier alpha value is -1.89. The number of nitrogens with one attached hydrogen (secondary N) is 1. The Morgan fingerprint density at radius 3 is 2.26 bits per heavy atom. The van der Waals surface area contributed by atoms with Crippen LogP contribution in [0.15, 0.2) is 29.2 Å². The molecule has 0 heterocycles. The number of carbonyl (C=O) groups is 2. The highest BCUT2D eigenvalue weighted by Crippen LogP contribution is 2.28. The van der Waals surface area contributed by atoms with Crippen LogP contribution in [0.4, 0.5) is 0 Å². The molecule has 2 N–H and O–H groups in total. The number of hydrogen-bond acceptors (Lipinski definition) is 4. The first-order valence-corrected chi connectivity index (χ1v) is 9.50. The Balaban J connectivity index is 2.27. The van der Waals surface area contributed by atoms with Gasteiger partial charge >= 0.3 is 5.97 Å². The first kappa shape index (κ1) is 17.5. The van der Waals surface area contributed by atoms with Crippen LogP contribution in [0, 0.1) is 0 Å². The molecule has 2 rings (SSSR count). The number of carboxylic acid groups (broad SMARTS) is 1. The van der Waals surface area contributed by atoms with Crippen molar-refractivity contribution in [1.29, 1.82) is 0 Å². The minimum absolute atomic E-state index is 0.0374.